The molecule has 0 bridgehead atoms. The first-order valence-corrected chi connectivity index (χ1v) is 10.1. The highest BCUT2D eigenvalue weighted by molar-refractivity contribution is 9.10. The van der Waals surface area contributed by atoms with Crippen molar-refractivity contribution in [3.63, 3.8) is 0 Å². The predicted molar refractivity (Wildman–Crippen MR) is 104 cm³/mol. The molecule has 1 saturated carbocycles. The maximum atomic E-state index is 13.7. The molecular weight excluding hydrogens is 449 g/mol. The number of amides is 4. The number of ether oxygens (including phenoxy) is 1. The third-order valence-corrected chi connectivity index (χ3v) is 5.85. The van der Waals surface area contributed by atoms with Crippen LogP contribution in [-0.2, 0) is 19.1 Å². The number of anilines is 1. The highest BCUT2D eigenvalue weighted by Gasteiger charge is 2.55. The summed E-state index contributed by atoms with van der Waals surface area (Å²) in [6, 6.07) is 3.45. The third-order valence-electron chi connectivity index (χ3n) is 5.36. The minimum absolute atomic E-state index is 0.0275. The van der Waals surface area contributed by atoms with E-state index in [1.165, 1.54) is 12.1 Å². The number of halogens is 2. The number of imide groups is 1. The van der Waals surface area contributed by atoms with Crippen LogP contribution in [0, 0.1) is 11.7 Å². The normalized spacial score (nSPS) is 23.8. The van der Waals surface area contributed by atoms with Gasteiger partial charge in [-0.25, -0.2) is 9.18 Å². The van der Waals surface area contributed by atoms with Crippen LogP contribution in [0.5, 0.6) is 0 Å². The van der Waals surface area contributed by atoms with Gasteiger partial charge in [-0.2, -0.15) is 0 Å². The summed E-state index contributed by atoms with van der Waals surface area (Å²) in [7, 11) is 0. The monoisotopic (exact) mass is 469 g/mol. The lowest BCUT2D eigenvalue weighted by atomic mass is 9.73. The first kappa shape index (κ1) is 21.2. The lowest BCUT2D eigenvalue weighted by Crippen LogP contribution is -2.54. The summed E-state index contributed by atoms with van der Waals surface area (Å²) in [6.07, 6.45) is 3.16. The summed E-state index contributed by atoms with van der Waals surface area (Å²) < 4.78 is 19.1. The van der Waals surface area contributed by atoms with Gasteiger partial charge in [-0.15, -0.1) is 0 Å². The summed E-state index contributed by atoms with van der Waals surface area (Å²) in [5.41, 5.74) is -1.02. The van der Waals surface area contributed by atoms with Gasteiger partial charge < -0.3 is 15.4 Å². The Bertz CT molecular complexity index is 864. The van der Waals surface area contributed by atoms with Crippen molar-refractivity contribution < 1.29 is 28.3 Å². The van der Waals surface area contributed by atoms with Crippen LogP contribution in [0.4, 0.5) is 14.9 Å². The molecule has 1 aromatic rings. The number of nitrogens with one attached hydrogen (secondary N) is 2. The van der Waals surface area contributed by atoms with Gasteiger partial charge in [0, 0.05) is 4.47 Å². The Morgan fingerprint density at radius 3 is 2.83 bits per heavy atom. The molecule has 1 aliphatic carbocycles. The van der Waals surface area contributed by atoms with Gasteiger partial charge in [0.05, 0.1) is 5.69 Å². The van der Waals surface area contributed by atoms with Crippen molar-refractivity contribution in [2.45, 2.75) is 38.1 Å². The summed E-state index contributed by atoms with van der Waals surface area (Å²) in [5.74, 6) is -2.76. The molecule has 8 nitrogen and oxygen atoms in total. The van der Waals surface area contributed by atoms with Crippen LogP contribution in [0.1, 0.15) is 32.6 Å². The SMILES string of the molecule is CC1CCCCC12NC(=O)N(CC(=O)OCC(=O)Nc1ccc(Br)cc1F)C2=O. The topological polar surface area (TPSA) is 105 Å². The van der Waals surface area contributed by atoms with E-state index in [2.05, 4.69) is 26.6 Å². The highest BCUT2D eigenvalue weighted by Crippen LogP contribution is 2.38. The molecular formula is C19H21BrFN3O5. The van der Waals surface area contributed by atoms with Crippen LogP contribution < -0.4 is 10.6 Å². The van der Waals surface area contributed by atoms with E-state index in [-0.39, 0.29) is 11.6 Å². The van der Waals surface area contributed by atoms with Crippen molar-refractivity contribution in [1.29, 1.82) is 0 Å². The Morgan fingerprint density at radius 2 is 2.14 bits per heavy atom. The van der Waals surface area contributed by atoms with Gasteiger partial charge in [-0.05, 0) is 37.0 Å². The van der Waals surface area contributed by atoms with E-state index in [0.29, 0.717) is 10.9 Å². The summed E-state index contributed by atoms with van der Waals surface area (Å²) >= 11 is 3.11. The lowest BCUT2D eigenvalue weighted by Gasteiger charge is -2.36. The number of esters is 1. The maximum Gasteiger partial charge on any atom is 0.326 e. The zero-order valence-electron chi connectivity index (χ0n) is 15.8. The molecule has 2 unspecified atom stereocenters. The Kier molecular flexibility index (Phi) is 6.21. The fourth-order valence-corrected chi connectivity index (χ4v) is 4.07. The summed E-state index contributed by atoms with van der Waals surface area (Å²) in [5, 5.41) is 5.02. The smallest absolute Gasteiger partial charge is 0.326 e. The highest BCUT2D eigenvalue weighted by atomic mass is 79.9. The van der Waals surface area contributed by atoms with E-state index < -0.39 is 48.3 Å². The van der Waals surface area contributed by atoms with Gasteiger partial charge in [-0.1, -0.05) is 35.7 Å². The molecule has 10 heteroatoms. The van der Waals surface area contributed by atoms with Crippen molar-refractivity contribution in [3.05, 3.63) is 28.5 Å². The van der Waals surface area contributed by atoms with Gasteiger partial charge >= 0.3 is 12.0 Å². The zero-order valence-corrected chi connectivity index (χ0v) is 17.4. The second-order valence-electron chi connectivity index (χ2n) is 7.27. The molecule has 1 spiro atoms. The van der Waals surface area contributed by atoms with Crippen molar-refractivity contribution in [2.24, 2.45) is 5.92 Å². The Labute approximate surface area is 175 Å². The van der Waals surface area contributed by atoms with E-state index in [1.54, 1.807) is 6.07 Å². The van der Waals surface area contributed by atoms with E-state index in [0.717, 1.165) is 24.2 Å². The fraction of sp³-hybridized carbons (Fsp3) is 0.474. The Hall–Kier alpha value is -2.49. The van der Waals surface area contributed by atoms with Crippen molar-refractivity contribution in [3.8, 4) is 0 Å². The molecule has 3 rings (SSSR count). The predicted octanol–water partition coefficient (Wildman–Crippen LogP) is 2.57. The van der Waals surface area contributed by atoms with Gasteiger partial charge in [-0.3, -0.25) is 19.3 Å². The number of rotatable bonds is 5. The minimum atomic E-state index is -0.966. The van der Waals surface area contributed by atoms with Crippen molar-refractivity contribution >= 4 is 45.4 Å². The van der Waals surface area contributed by atoms with Gasteiger partial charge in [0.2, 0.25) is 0 Å². The van der Waals surface area contributed by atoms with Crippen LogP contribution in [0.15, 0.2) is 22.7 Å². The quantitative estimate of drug-likeness (QED) is 0.509. The molecule has 2 fully saturated rings. The Balaban J connectivity index is 1.53. The number of carbonyl (C=O) groups excluding carboxylic acids is 4. The van der Waals surface area contributed by atoms with Crippen LogP contribution in [0.2, 0.25) is 0 Å². The third kappa shape index (κ3) is 4.42. The lowest BCUT2D eigenvalue weighted by molar-refractivity contribution is -0.150. The molecule has 1 saturated heterocycles. The second kappa shape index (κ2) is 8.48. The summed E-state index contributed by atoms with van der Waals surface area (Å²) in [6.45, 7) is 0.656. The molecule has 0 radical (unpaired) electrons. The average molecular weight is 470 g/mol. The molecule has 2 N–H and O–H groups in total. The van der Waals surface area contributed by atoms with Crippen LogP contribution >= 0.6 is 15.9 Å². The van der Waals surface area contributed by atoms with E-state index in [4.69, 9.17) is 4.74 Å². The van der Waals surface area contributed by atoms with Gasteiger partial charge in [0.1, 0.15) is 17.9 Å². The number of nitrogens with zero attached hydrogens (tertiary/aromatic N) is 1. The van der Waals surface area contributed by atoms with Crippen LogP contribution in [-0.4, -0.2) is 47.4 Å². The second-order valence-corrected chi connectivity index (χ2v) is 8.19. The average Bonchev–Trinajstić information content (AvgIpc) is 2.90. The molecule has 156 valence electrons. The van der Waals surface area contributed by atoms with Crippen molar-refractivity contribution in [1.82, 2.24) is 10.2 Å². The van der Waals surface area contributed by atoms with Crippen LogP contribution in [0.25, 0.3) is 0 Å². The van der Waals surface area contributed by atoms with E-state index >= 15 is 0 Å². The summed E-state index contributed by atoms with van der Waals surface area (Å²) in [4.78, 5) is 49.8. The molecule has 1 heterocycles. The number of urea groups is 1. The van der Waals surface area contributed by atoms with Gasteiger partial charge in [0.25, 0.3) is 11.8 Å². The largest absolute Gasteiger partial charge is 0.454 e. The number of benzene rings is 1. The maximum absolute atomic E-state index is 13.7. The molecule has 0 aromatic heterocycles. The molecule has 2 aliphatic rings. The Morgan fingerprint density at radius 1 is 1.38 bits per heavy atom. The molecule has 1 aliphatic heterocycles. The van der Waals surface area contributed by atoms with Gasteiger partial charge in [0.15, 0.2) is 6.61 Å². The molecule has 29 heavy (non-hydrogen) atoms. The minimum Gasteiger partial charge on any atom is -0.454 e. The van der Waals surface area contributed by atoms with E-state index in [9.17, 15) is 23.6 Å². The van der Waals surface area contributed by atoms with E-state index in [1.807, 2.05) is 6.92 Å². The van der Waals surface area contributed by atoms with Crippen molar-refractivity contribution in [2.75, 3.05) is 18.5 Å². The number of carbonyl (C=O) groups is 4. The molecule has 1 aromatic carbocycles. The van der Waals surface area contributed by atoms with Crippen LogP contribution in [0.3, 0.4) is 0 Å². The zero-order chi connectivity index (χ0) is 21.2. The first-order chi connectivity index (χ1) is 13.7. The molecule has 2 atom stereocenters. The first-order valence-electron chi connectivity index (χ1n) is 9.27. The standard InChI is InChI=1S/C19H21BrFN3O5/c1-11-4-2-3-7-19(11)17(27)24(18(28)23-19)9-16(26)29-10-15(25)22-14-6-5-12(20)8-13(14)21/h5-6,8,11H,2-4,7,9-10H2,1H3,(H,22,25)(H,23,28). The number of hydrogen-bond acceptors (Lipinski definition) is 5. The molecule has 4 amide bonds. The fourth-order valence-electron chi connectivity index (χ4n) is 3.74. The number of hydrogen-bond donors (Lipinski definition) is 2.